The van der Waals surface area contributed by atoms with Crippen LogP contribution in [0.3, 0.4) is 0 Å². The molecule has 3 aromatic rings. The molecule has 39 heavy (non-hydrogen) atoms. The Morgan fingerprint density at radius 2 is 1.82 bits per heavy atom. The number of thioether (sulfide) groups is 1. The SMILES string of the molecule is CCOc1cc(/C=C2\SC(=O)N(Cc3ccccc3[N+](=O)[O-])C2=O)cc(I)c1OCC(=O)Nc1ccccc1. The van der Waals surface area contributed by atoms with E-state index in [9.17, 15) is 24.5 Å². The monoisotopic (exact) mass is 659 g/mol. The van der Waals surface area contributed by atoms with Crippen molar-refractivity contribution in [2.24, 2.45) is 0 Å². The number of hydrogen-bond acceptors (Lipinski definition) is 8. The van der Waals surface area contributed by atoms with Gasteiger partial charge < -0.3 is 14.8 Å². The normalized spacial score (nSPS) is 14.0. The van der Waals surface area contributed by atoms with E-state index < -0.39 is 16.1 Å². The molecular weight excluding hydrogens is 637 g/mol. The number of nitro benzene ring substituents is 1. The lowest BCUT2D eigenvalue weighted by Crippen LogP contribution is -2.27. The third kappa shape index (κ3) is 6.95. The molecule has 0 atom stereocenters. The highest BCUT2D eigenvalue weighted by Crippen LogP contribution is 2.38. The number of amides is 3. The second-order valence-electron chi connectivity index (χ2n) is 8.12. The number of benzene rings is 3. The number of hydrogen-bond donors (Lipinski definition) is 1. The summed E-state index contributed by atoms with van der Waals surface area (Å²) in [6, 6.07) is 18.4. The van der Waals surface area contributed by atoms with Crippen molar-refractivity contribution in [3.8, 4) is 11.5 Å². The summed E-state index contributed by atoms with van der Waals surface area (Å²) >= 11 is 2.80. The Hall–Kier alpha value is -3.91. The lowest BCUT2D eigenvalue weighted by molar-refractivity contribution is -0.385. The molecule has 1 saturated heterocycles. The molecule has 0 bridgehead atoms. The smallest absolute Gasteiger partial charge is 0.293 e. The number of para-hydroxylation sites is 2. The number of rotatable bonds is 10. The lowest BCUT2D eigenvalue weighted by atomic mass is 10.1. The van der Waals surface area contributed by atoms with Crippen molar-refractivity contribution in [2.75, 3.05) is 18.5 Å². The second kappa shape index (κ2) is 12.8. The molecule has 0 aliphatic carbocycles. The molecule has 200 valence electrons. The lowest BCUT2D eigenvalue weighted by Gasteiger charge is -2.15. The Morgan fingerprint density at radius 1 is 1.10 bits per heavy atom. The predicted octanol–water partition coefficient (Wildman–Crippen LogP) is 5.85. The zero-order valence-corrected chi connectivity index (χ0v) is 23.6. The molecule has 1 fully saturated rings. The van der Waals surface area contributed by atoms with Crippen molar-refractivity contribution >= 4 is 68.9 Å². The number of ether oxygens (including phenoxy) is 2. The largest absolute Gasteiger partial charge is 0.490 e. The van der Waals surface area contributed by atoms with E-state index in [-0.39, 0.29) is 35.2 Å². The maximum absolute atomic E-state index is 13.0. The van der Waals surface area contributed by atoms with Gasteiger partial charge in [0.15, 0.2) is 18.1 Å². The van der Waals surface area contributed by atoms with Crippen LogP contribution >= 0.6 is 34.4 Å². The van der Waals surface area contributed by atoms with E-state index >= 15 is 0 Å². The number of nitrogens with one attached hydrogen (secondary N) is 1. The van der Waals surface area contributed by atoms with Gasteiger partial charge in [0.1, 0.15) is 0 Å². The van der Waals surface area contributed by atoms with Crippen molar-refractivity contribution in [2.45, 2.75) is 13.5 Å². The third-order valence-corrected chi connectivity index (χ3v) is 7.13. The van der Waals surface area contributed by atoms with Gasteiger partial charge in [0.05, 0.1) is 26.6 Å². The van der Waals surface area contributed by atoms with Crippen LogP contribution in [0.4, 0.5) is 16.2 Å². The van der Waals surface area contributed by atoms with Gasteiger partial charge in [-0.3, -0.25) is 29.4 Å². The van der Waals surface area contributed by atoms with E-state index in [0.29, 0.717) is 32.9 Å². The molecule has 4 rings (SSSR count). The Labute approximate surface area is 241 Å². The van der Waals surface area contributed by atoms with Gasteiger partial charge in [-0.25, -0.2) is 0 Å². The zero-order chi connectivity index (χ0) is 27.9. The fourth-order valence-corrected chi connectivity index (χ4v) is 5.33. The van der Waals surface area contributed by atoms with Crippen LogP contribution in [-0.2, 0) is 16.1 Å². The molecule has 0 radical (unpaired) electrons. The maximum atomic E-state index is 13.0. The Bertz CT molecular complexity index is 1460. The summed E-state index contributed by atoms with van der Waals surface area (Å²) in [5.74, 6) is -0.130. The van der Waals surface area contributed by atoms with E-state index in [2.05, 4.69) is 5.32 Å². The van der Waals surface area contributed by atoms with E-state index in [1.165, 1.54) is 18.2 Å². The minimum atomic E-state index is -0.547. The summed E-state index contributed by atoms with van der Waals surface area (Å²) in [7, 11) is 0. The summed E-state index contributed by atoms with van der Waals surface area (Å²) in [6.45, 7) is 1.69. The molecule has 1 N–H and O–H groups in total. The van der Waals surface area contributed by atoms with Gasteiger partial charge in [0.2, 0.25) is 0 Å². The first-order valence-corrected chi connectivity index (χ1v) is 13.6. The molecule has 1 aliphatic heterocycles. The van der Waals surface area contributed by atoms with E-state index in [0.717, 1.165) is 16.7 Å². The average Bonchev–Trinajstić information content (AvgIpc) is 3.16. The van der Waals surface area contributed by atoms with Crippen LogP contribution in [0.25, 0.3) is 6.08 Å². The van der Waals surface area contributed by atoms with Crippen LogP contribution in [0.1, 0.15) is 18.1 Å². The molecule has 0 spiro atoms. The first kappa shape index (κ1) is 28.1. The number of carbonyl (C=O) groups is 3. The standard InChI is InChI=1S/C27H22IN3O7S/c1-2-37-22-13-17(12-20(28)25(22)38-16-24(32)29-19-9-4-3-5-10-19)14-23-26(33)30(27(34)39-23)15-18-8-6-7-11-21(18)31(35)36/h3-14H,2,15-16H2,1H3,(H,29,32)/b23-14-. The highest BCUT2D eigenvalue weighted by molar-refractivity contribution is 14.1. The van der Waals surface area contributed by atoms with Gasteiger partial charge in [-0.2, -0.15) is 0 Å². The minimum Gasteiger partial charge on any atom is -0.490 e. The van der Waals surface area contributed by atoms with Gasteiger partial charge in [0, 0.05) is 17.3 Å². The van der Waals surface area contributed by atoms with Crippen LogP contribution < -0.4 is 14.8 Å². The molecule has 0 saturated carbocycles. The van der Waals surface area contributed by atoms with Crippen molar-refractivity contribution in [3.63, 3.8) is 0 Å². The van der Waals surface area contributed by atoms with Crippen molar-refractivity contribution in [1.29, 1.82) is 0 Å². The summed E-state index contributed by atoms with van der Waals surface area (Å²) in [5.41, 5.74) is 1.33. The zero-order valence-electron chi connectivity index (χ0n) is 20.6. The van der Waals surface area contributed by atoms with Gasteiger partial charge in [-0.15, -0.1) is 0 Å². The van der Waals surface area contributed by atoms with Crippen LogP contribution in [0, 0.1) is 13.7 Å². The highest BCUT2D eigenvalue weighted by atomic mass is 127. The number of nitrogens with zero attached hydrogens (tertiary/aromatic N) is 2. The molecule has 0 unspecified atom stereocenters. The quantitative estimate of drug-likeness (QED) is 0.124. The number of halogens is 1. The van der Waals surface area contributed by atoms with Crippen molar-refractivity contribution < 1.29 is 28.8 Å². The number of imide groups is 1. The highest BCUT2D eigenvalue weighted by Gasteiger charge is 2.36. The first-order valence-electron chi connectivity index (χ1n) is 11.7. The Balaban J connectivity index is 1.51. The van der Waals surface area contributed by atoms with Gasteiger partial charge >= 0.3 is 0 Å². The van der Waals surface area contributed by atoms with Crippen LogP contribution in [-0.4, -0.2) is 40.1 Å². The van der Waals surface area contributed by atoms with Crippen molar-refractivity contribution in [3.05, 3.63) is 96.4 Å². The average molecular weight is 659 g/mol. The van der Waals surface area contributed by atoms with Crippen LogP contribution in [0.5, 0.6) is 11.5 Å². The second-order valence-corrected chi connectivity index (χ2v) is 10.3. The number of carbonyl (C=O) groups excluding carboxylic acids is 3. The third-order valence-electron chi connectivity index (χ3n) is 5.42. The number of anilines is 1. The van der Waals surface area contributed by atoms with E-state index in [1.807, 2.05) is 40.8 Å². The fourth-order valence-electron chi connectivity index (χ4n) is 3.71. The predicted molar refractivity (Wildman–Crippen MR) is 156 cm³/mol. The first-order chi connectivity index (χ1) is 18.8. The summed E-state index contributed by atoms with van der Waals surface area (Å²) < 4.78 is 12.1. The van der Waals surface area contributed by atoms with E-state index in [4.69, 9.17) is 9.47 Å². The van der Waals surface area contributed by atoms with Crippen LogP contribution in [0.15, 0.2) is 71.6 Å². The fraction of sp³-hybridized carbons (Fsp3) is 0.148. The molecule has 12 heteroatoms. The number of nitro groups is 1. The maximum Gasteiger partial charge on any atom is 0.293 e. The van der Waals surface area contributed by atoms with Gasteiger partial charge in [-0.1, -0.05) is 36.4 Å². The Morgan fingerprint density at radius 3 is 2.54 bits per heavy atom. The summed E-state index contributed by atoms with van der Waals surface area (Å²) in [6.07, 6.45) is 1.56. The molecule has 1 aliphatic rings. The van der Waals surface area contributed by atoms with Gasteiger partial charge in [0.25, 0.3) is 22.7 Å². The van der Waals surface area contributed by atoms with Crippen LogP contribution in [0.2, 0.25) is 0 Å². The minimum absolute atomic E-state index is 0.163. The van der Waals surface area contributed by atoms with E-state index in [1.54, 1.807) is 43.3 Å². The molecule has 3 amide bonds. The molecular formula is C27H22IN3O7S. The summed E-state index contributed by atoms with van der Waals surface area (Å²) in [5, 5.41) is 13.6. The van der Waals surface area contributed by atoms with Crippen molar-refractivity contribution in [1.82, 2.24) is 4.90 Å². The topological polar surface area (TPSA) is 128 Å². The molecule has 0 aromatic heterocycles. The summed E-state index contributed by atoms with van der Waals surface area (Å²) in [4.78, 5) is 49.9. The molecule has 10 nitrogen and oxygen atoms in total. The Kier molecular flexibility index (Phi) is 9.19. The molecule has 3 aromatic carbocycles. The molecule has 1 heterocycles. The van der Waals surface area contributed by atoms with Gasteiger partial charge in [-0.05, 0) is 77.2 Å².